The largest absolute Gasteiger partial charge is 0.361 e. The summed E-state index contributed by atoms with van der Waals surface area (Å²) in [6.45, 7) is 3.99. The van der Waals surface area contributed by atoms with E-state index in [2.05, 4.69) is 38.8 Å². The van der Waals surface area contributed by atoms with Crippen molar-refractivity contribution in [2.24, 2.45) is 5.73 Å². The van der Waals surface area contributed by atoms with Gasteiger partial charge in [-0.2, -0.15) is 0 Å². The lowest BCUT2D eigenvalue weighted by molar-refractivity contribution is -0.134. The lowest BCUT2D eigenvalue weighted by atomic mass is 10.2. The molecule has 0 aliphatic rings. The van der Waals surface area contributed by atoms with Crippen LogP contribution >= 0.6 is 11.8 Å². The number of fused-ring (bicyclic) bond motifs is 1. The molecule has 0 fully saturated rings. The van der Waals surface area contributed by atoms with Gasteiger partial charge in [0.15, 0.2) is 5.65 Å². The fourth-order valence-electron chi connectivity index (χ4n) is 3.13. The maximum atomic E-state index is 11.4. The molecule has 0 saturated heterocycles. The summed E-state index contributed by atoms with van der Waals surface area (Å²) in [4.78, 5) is 33.3. The average molecular weight is 444 g/mol. The van der Waals surface area contributed by atoms with Crippen LogP contribution in [0.3, 0.4) is 0 Å². The first-order valence-electron chi connectivity index (χ1n) is 9.88. The molecule has 0 atom stereocenters. The van der Waals surface area contributed by atoms with Gasteiger partial charge in [0.05, 0.1) is 11.4 Å². The summed E-state index contributed by atoms with van der Waals surface area (Å²) >= 11 is 1.59. The van der Waals surface area contributed by atoms with Crippen molar-refractivity contribution in [1.82, 2.24) is 9.97 Å². The number of pyridine rings is 2. The molecule has 2 heterocycles. The van der Waals surface area contributed by atoms with Gasteiger partial charge in [-0.05, 0) is 74.0 Å². The molecule has 32 heavy (non-hydrogen) atoms. The highest BCUT2D eigenvalue weighted by Gasteiger charge is 2.11. The zero-order valence-corrected chi connectivity index (χ0v) is 18.4. The second kappa shape index (κ2) is 9.07. The number of nitrogens with one attached hydrogen (secondary N) is 2. The predicted octanol–water partition coefficient (Wildman–Crippen LogP) is 4.57. The molecule has 8 heteroatoms. The Hall–Kier alpha value is -3.91. The lowest BCUT2D eigenvalue weighted by Gasteiger charge is -2.14. The van der Waals surface area contributed by atoms with Gasteiger partial charge >= 0.3 is 11.8 Å². The van der Waals surface area contributed by atoms with Crippen LogP contribution in [-0.4, -0.2) is 21.8 Å². The first-order valence-corrected chi connectivity index (χ1v) is 10.7. The monoisotopic (exact) mass is 443 g/mol. The zero-order valence-electron chi connectivity index (χ0n) is 17.5. The molecular weight excluding hydrogens is 422 g/mol. The molecule has 4 rings (SSSR count). The van der Waals surface area contributed by atoms with Crippen molar-refractivity contribution in [3.8, 4) is 0 Å². The van der Waals surface area contributed by atoms with Crippen LogP contribution in [0.25, 0.3) is 11.0 Å². The van der Waals surface area contributed by atoms with E-state index in [0.29, 0.717) is 11.3 Å². The number of hydrogen-bond donors (Lipinski definition) is 3. The SMILES string of the molecule is Cc1ccc(Sc2ccc(NC(=O)C(N)=O)cc2)c(Nc2ccnc3nc(C)ccc23)c1. The van der Waals surface area contributed by atoms with Crippen LogP contribution in [0, 0.1) is 13.8 Å². The third-order valence-electron chi connectivity index (χ3n) is 4.71. The van der Waals surface area contributed by atoms with E-state index in [9.17, 15) is 9.59 Å². The van der Waals surface area contributed by atoms with E-state index in [1.165, 1.54) is 0 Å². The van der Waals surface area contributed by atoms with E-state index in [-0.39, 0.29) is 0 Å². The molecule has 0 aliphatic heterocycles. The van der Waals surface area contributed by atoms with Gasteiger partial charge in [-0.25, -0.2) is 9.97 Å². The normalized spacial score (nSPS) is 10.7. The first kappa shape index (κ1) is 21.3. The minimum absolute atomic E-state index is 0.506. The summed E-state index contributed by atoms with van der Waals surface area (Å²) in [5, 5.41) is 6.94. The van der Waals surface area contributed by atoms with Crippen molar-refractivity contribution < 1.29 is 9.59 Å². The van der Waals surface area contributed by atoms with Gasteiger partial charge in [0.1, 0.15) is 0 Å². The van der Waals surface area contributed by atoms with Crippen LogP contribution in [0.4, 0.5) is 17.1 Å². The highest BCUT2D eigenvalue weighted by atomic mass is 32.2. The van der Waals surface area contributed by atoms with Gasteiger partial charge in [0, 0.05) is 32.8 Å². The van der Waals surface area contributed by atoms with E-state index < -0.39 is 11.8 Å². The molecule has 4 aromatic rings. The minimum atomic E-state index is -1.02. The molecule has 0 unspecified atom stereocenters. The van der Waals surface area contributed by atoms with Crippen molar-refractivity contribution in [2.75, 3.05) is 10.6 Å². The van der Waals surface area contributed by atoms with Gasteiger partial charge < -0.3 is 16.4 Å². The Kier molecular flexibility index (Phi) is 6.04. The van der Waals surface area contributed by atoms with Crippen molar-refractivity contribution in [2.45, 2.75) is 23.6 Å². The third kappa shape index (κ3) is 4.87. The summed E-state index contributed by atoms with van der Waals surface area (Å²) in [5.41, 5.74) is 10.1. The van der Waals surface area contributed by atoms with E-state index in [0.717, 1.165) is 37.8 Å². The van der Waals surface area contributed by atoms with Gasteiger partial charge in [-0.15, -0.1) is 0 Å². The highest BCUT2D eigenvalue weighted by molar-refractivity contribution is 7.99. The highest BCUT2D eigenvalue weighted by Crippen LogP contribution is 2.37. The molecule has 4 N–H and O–H groups in total. The number of aryl methyl sites for hydroxylation is 2. The van der Waals surface area contributed by atoms with Crippen molar-refractivity contribution >= 4 is 51.7 Å². The number of amides is 2. The fourth-order valence-corrected chi connectivity index (χ4v) is 4.02. The quantitative estimate of drug-likeness (QED) is 0.390. The van der Waals surface area contributed by atoms with Crippen LogP contribution in [0.1, 0.15) is 11.3 Å². The van der Waals surface area contributed by atoms with Crippen LogP contribution < -0.4 is 16.4 Å². The number of aromatic nitrogens is 2. The Balaban J connectivity index is 1.60. The Morgan fingerprint density at radius 3 is 2.47 bits per heavy atom. The van der Waals surface area contributed by atoms with Crippen LogP contribution in [0.15, 0.2) is 76.7 Å². The molecule has 0 spiro atoms. The predicted molar refractivity (Wildman–Crippen MR) is 127 cm³/mol. The molecule has 2 amide bonds. The van der Waals surface area contributed by atoms with Crippen molar-refractivity contribution in [1.29, 1.82) is 0 Å². The molecule has 0 aliphatic carbocycles. The summed E-state index contributed by atoms with van der Waals surface area (Å²) < 4.78 is 0. The minimum Gasteiger partial charge on any atom is -0.361 e. The zero-order chi connectivity index (χ0) is 22.7. The fraction of sp³-hybridized carbons (Fsp3) is 0.0833. The van der Waals surface area contributed by atoms with Gasteiger partial charge in [0.25, 0.3) is 0 Å². The maximum Gasteiger partial charge on any atom is 0.313 e. The van der Waals surface area contributed by atoms with Gasteiger partial charge in [-0.3, -0.25) is 9.59 Å². The molecule has 0 bridgehead atoms. The number of anilines is 3. The van der Waals surface area contributed by atoms with E-state index in [1.54, 1.807) is 30.1 Å². The maximum absolute atomic E-state index is 11.4. The number of hydrogen-bond acceptors (Lipinski definition) is 6. The number of rotatable bonds is 5. The number of primary amides is 1. The number of carbonyl (C=O) groups excluding carboxylic acids is 2. The standard InChI is InChI=1S/C24H21N5O2S/c1-14-3-10-21(32-17-7-5-16(6-8-17)28-24(31)22(25)30)20(13-14)29-19-11-12-26-23-18(19)9-4-15(2)27-23/h3-13H,1-2H3,(H2,25,30)(H,28,31)(H,26,27,29). The van der Waals surface area contributed by atoms with Gasteiger partial charge in [0.2, 0.25) is 0 Å². The summed E-state index contributed by atoms with van der Waals surface area (Å²) in [7, 11) is 0. The summed E-state index contributed by atoms with van der Waals surface area (Å²) in [5.74, 6) is -1.86. The molecule has 0 saturated carbocycles. The van der Waals surface area contributed by atoms with Crippen LogP contribution in [0.2, 0.25) is 0 Å². The topological polar surface area (TPSA) is 110 Å². The molecule has 160 valence electrons. The second-order valence-electron chi connectivity index (χ2n) is 7.25. The van der Waals surface area contributed by atoms with Crippen LogP contribution in [-0.2, 0) is 9.59 Å². The number of carbonyl (C=O) groups is 2. The Bertz CT molecular complexity index is 1320. The Labute approximate surface area is 189 Å². The molecule has 2 aromatic heterocycles. The third-order valence-corrected chi connectivity index (χ3v) is 5.79. The van der Waals surface area contributed by atoms with E-state index in [1.807, 2.05) is 44.2 Å². The average Bonchev–Trinajstić information content (AvgIpc) is 2.76. The smallest absolute Gasteiger partial charge is 0.313 e. The molecule has 2 aromatic carbocycles. The van der Waals surface area contributed by atoms with Crippen molar-refractivity contribution in [3.63, 3.8) is 0 Å². The molecular formula is C24H21N5O2S. The van der Waals surface area contributed by atoms with Crippen LogP contribution in [0.5, 0.6) is 0 Å². The Morgan fingerprint density at radius 2 is 1.72 bits per heavy atom. The second-order valence-corrected chi connectivity index (χ2v) is 8.37. The number of benzene rings is 2. The first-order chi connectivity index (χ1) is 15.4. The summed E-state index contributed by atoms with van der Waals surface area (Å²) in [6.07, 6.45) is 1.75. The Morgan fingerprint density at radius 1 is 0.938 bits per heavy atom. The molecule has 7 nitrogen and oxygen atoms in total. The number of nitrogens with two attached hydrogens (primary N) is 1. The lowest BCUT2D eigenvalue weighted by Crippen LogP contribution is -2.29. The number of nitrogens with zero attached hydrogens (tertiary/aromatic N) is 2. The van der Waals surface area contributed by atoms with Gasteiger partial charge in [-0.1, -0.05) is 17.8 Å². The summed E-state index contributed by atoms with van der Waals surface area (Å²) in [6, 6.07) is 19.4. The van der Waals surface area contributed by atoms with Crippen molar-refractivity contribution in [3.05, 3.63) is 78.1 Å². The van der Waals surface area contributed by atoms with E-state index in [4.69, 9.17) is 5.73 Å². The van der Waals surface area contributed by atoms with E-state index >= 15 is 0 Å². The molecule has 0 radical (unpaired) electrons.